The van der Waals surface area contributed by atoms with Crippen LogP contribution in [-0.4, -0.2) is 13.7 Å². The fraction of sp³-hybridized carbons (Fsp3) is 0.200. The number of anilines is 1. The molecule has 1 unspecified atom stereocenters. The van der Waals surface area contributed by atoms with E-state index in [9.17, 15) is 4.39 Å². The van der Waals surface area contributed by atoms with Crippen molar-refractivity contribution in [1.29, 1.82) is 0 Å². The molecule has 0 saturated heterocycles. The Balaban J connectivity index is 2.08. The molecule has 0 bridgehead atoms. The van der Waals surface area contributed by atoms with Crippen LogP contribution in [0.3, 0.4) is 0 Å². The highest BCUT2D eigenvalue weighted by Crippen LogP contribution is 2.39. The highest BCUT2D eigenvalue weighted by molar-refractivity contribution is 5.62. The Bertz CT molecular complexity index is 582. The van der Waals surface area contributed by atoms with Gasteiger partial charge in [0.05, 0.1) is 7.11 Å². The largest absolute Gasteiger partial charge is 0.496 e. The zero-order valence-electron chi connectivity index (χ0n) is 10.1. The van der Waals surface area contributed by atoms with E-state index in [1.54, 1.807) is 19.2 Å². The number of benzene rings is 2. The smallest absolute Gasteiger partial charge is 0.123 e. The Morgan fingerprint density at radius 1 is 1.17 bits per heavy atom. The zero-order valence-corrected chi connectivity index (χ0v) is 10.1. The minimum atomic E-state index is -0.197. The van der Waals surface area contributed by atoms with Crippen LogP contribution in [-0.2, 0) is 0 Å². The van der Waals surface area contributed by atoms with Crippen molar-refractivity contribution in [3.8, 4) is 5.75 Å². The molecule has 1 aliphatic rings. The summed E-state index contributed by atoms with van der Waals surface area (Å²) < 4.78 is 18.8. The molecule has 0 aliphatic carbocycles. The number of nitrogens with one attached hydrogen (secondary N) is 1. The highest BCUT2D eigenvalue weighted by Gasteiger charge is 2.26. The van der Waals surface area contributed by atoms with Gasteiger partial charge in [-0.1, -0.05) is 18.2 Å². The second kappa shape index (κ2) is 4.33. The van der Waals surface area contributed by atoms with E-state index in [-0.39, 0.29) is 11.7 Å². The highest BCUT2D eigenvalue weighted by atomic mass is 19.1. The van der Waals surface area contributed by atoms with Gasteiger partial charge >= 0.3 is 0 Å². The summed E-state index contributed by atoms with van der Waals surface area (Å²) in [6, 6.07) is 12.8. The summed E-state index contributed by atoms with van der Waals surface area (Å²) in [5, 5.41) is 3.30. The van der Waals surface area contributed by atoms with Gasteiger partial charge in [-0.05, 0) is 29.8 Å². The van der Waals surface area contributed by atoms with Crippen LogP contribution >= 0.6 is 0 Å². The maximum atomic E-state index is 13.4. The molecular weight excluding hydrogens is 229 g/mol. The topological polar surface area (TPSA) is 21.3 Å². The van der Waals surface area contributed by atoms with Crippen molar-refractivity contribution in [2.24, 2.45) is 0 Å². The van der Waals surface area contributed by atoms with Crippen LogP contribution in [0.25, 0.3) is 0 Å². The minimum absolute atomic E-state index is 0.145. The van der Waals surface area contributed by atoms with E-state index in [4.69, 9.17) is 4.74 Å². The predicted molar refractivity (Wildman–Crippen MR) is 69.7 cm³/mol. The average Bonchev–Trinajstić information content (AvgIpc) is 2.81. The van der Waals surface area contributed by atoms with Gasteiger partial charge in [-0.2, -0.15) is 0 Å². The Labute approximate surface area is 105 Å². The number of ether oxygens (including phenoxy) is 1. The van der Waals surface area contributed by atoms with E-state index < -0.39 is 0 Å². The fourth-order valence-corrected chi connectivity index (χ4v) is 2.54. The summed E-state index contributed by atoms with van der Waals surface area (Å²) >= 11 is 0. The first-order valence-corrected chi connectivity index (χ1v) is 5.96. The molecular formula is C15H14FNO. The fourth-order valence-electron chi connectivity index (χ4n) is 2.54. The van der Waals surface area contributed by atoms with E-state index in [0.29, 0.717) is 0 Å². The van der Waals surface area contributed by atoms with Gasteiger partial charge in [0, 0.05) is 23.7 Å². The monoisotopic (exact) mass is 243 g/mol. The standard InChI is InChI=1S/C15H14FNO/c1-18-15-5-3-2-4-11(15)13-9-17-14-7-6-10(16)8-12(13)14/h2-8,13,17H,9H2,1H3. The molecule has 0 saturated carbocycles. The normalized spacial score (nSPS) is 17.1. The summed E-state index contributed by atoms with van der Waals surface area (Å²) in [6.07, 6.45) is 0. The van der Waals surface area contributed by atoms with Gasteiger partial charge in [0.25, 0.3) is 0 Å². The molecule has 3 rings (SSSR count). The van der Waals surface area contributed by atoms with Crippen LogP contribution in [0.2, 0.25) is 0 Å². The Hall–Kier alpha value is -2.03. The third-order valence-electron chi connectivity index (χ3n) is 3.40. The summed E-state index contributed by atoms with van der Waals surface area (Å²) in [5.74, 6) is 0.797. The van der Waals surface area contributed by atoms with Crippen molar-refractivity contribution in [1.82, 2.24) is 0 Å². The van der Waals surface area contributed by atoms with Crippen molar-refractivity contribution < 1.29 is 9.13 Å². The van der Waals surface area contributed by atoms with Gasteiger partial charge in [0.15, 0.2) is 0 Å². The molecule has 0 fully saturated rings. The number of hydrogen-bond acceptors (Lipinski definition) is 2. The van der Waals surface area contributed by atoms with Crippen LogP contribution < -0.4 is 10.1 Å². The molecule has 0 aromatic heterocycles. The maximum Gasteiger partial charge on any atom is 0.123 e. The summed E-state index contributed by atoms with van der Waals surface area (Å²) in [4.78, 5) is 0. The van der Waals surface area contributed by atoms with Crippen molar-refractivity contribution >= 4 is 5.69 Å². The molecule has 1 atom stereocenters. The van der Waals surface area contributed by atoms with Gasteiger partial charge in [0.1, 0.15) is 11.6 Å². The van der Waals surface area contributed by atoms with Crippen LogP contribution in [0.4, 0.5) is 10.1 Å². The molecule has 1 aliphatic heterocycles. The maximum absolute atomic E-state index is 13.4. The van der Waals surface area contributed by atoms with Crippen molar-refractivity contribution in [2.45, 2.75) is 5.92 Å². The summed E-state index contributed by atoms with van der Waals surface area (Å²) in [5.41, 5.74) is 3.10. The third-order valence-corrected chi connectivity index (χ3v) is 3.40. The second-order valence-corrected chi connectivity index (χ2v) is 4.41. The molecule has 0 radical (unpaired) electrons. The van der Waals surface area contributed by atoms with Crippen LogP contribution in [0.1, 0.15) is 17.0 Å². The number of methoxy groups -OCH3 is 1. The van der Waals surface area contributed by atoms with Gasteiger partial charge in [-0.15, -0.1) is 0 Å². The number of rotatable bonds is 2. The molecule has 0 spiro atoms. The van der Waals surface area contributed by atoms with Crippen molar-refractivity contribution in [3.63, 3.8) is 0 Å². The zero-order chi connectivity index (χ0) is 12.5. The van der Waals surface area contributed by atoms with Crippen molar-refractivity contribution in [3.05, 3.63) is 59.4 Å². The minimum Gasteiger partial charge on any atom is -0.496 e. The molecule has 2 nitrogen and oxygen atoms in total. The van der Waals surface area contributed by atoms with Crippen LogP contribution in [0, 0.1) is 5.82 Å². The molecule has 1 heterocycles. The molecule has 3 heteroatoms. The first-order valence-electron chi connectivity index (χ1n) is 5.96. The Morgan fingerprint density at radius 2 is 2.00 bits per heavy atom. The van der Waals surface area contributed by atoms with Gasteiger partial charge in [-0.3, -0.25) is 0 Å². The number of halogens is 1. The van der Waals surface area contributed by atoms with E-state index in [0.717, 1.165) is 29.1 Å². The number of hydrogen-bond donors (Lipinski definition) is 1. The van der Waals surface area contributed by atoms with E-state index in [2.05, 4.69) is 5.32 Å². The van der Waals surface area contributed by atoms with Gasteiger partial charge in [-0.25, -0.2) is 4.39 Å². The summed E-state index contributed by atoms with van der Waals surface area (Å²) in [7, 11) is 1.66. The van der Waals surface area contributed by atoms with E-state index >= 15 is 0 Å². The lowest BCUT2D eigenvalue weighted by atomic mass is 9.92. The summed E-state index contributed by atoms with van der Waals surface area (Å²) in [6.45, 7) is 0.777. The molecule has 0 amide bonds. The first-order chi connectivity index (χ1) is 8.79. The van der Waals surface area contributed by atoms with Crippen LogP contribution in [0.5, 0.6) is 5.75 Å². The first kappa shape index (κ1) is 11.1. The lowest BCUT2D eigenvalue weighted by Gasteiger charge is -2.14. The Morgan fingerprint density at radius 3 is 2.83 bits per heavy atom. The lowest BCUT2D eigenvalue weighted by molar-refractivity contribution is 0.408. The lowest BCUT2D eigenvalue weighted by Crippen LogP contribution is -2.05. The van der Waals surface area contributed by atoms with Gasteiger partial charge in [0.2, 0.25) is 0 Å². The third kappa shape index (κ3) is 1.72. The molecule has 2 aromatic rings. The number of fused-ring (bicyclic) bond motifs is 1. The average molecular weight is 243 g/mol. The quantitative estimate of drug-likeness (QED) is 0.873. The molecule has 92 valence electrons. The SMILES string of the molecule is COc1ccccc1C1CNc2ccc(F)cc21. The predicted octanol–water partition coefficient (Wildman–Crippen LogP) is 3.39. The molecule has 2 aromatic carbocycles. The van der Waals surface area contributed by atoms with Crippen molar-refractivity contribution in [2.75, 3.05) is 19.0 Å². The second-order valence-electron chi connectivity index (χ2n) is 4.41. The molecule has 1 N–H and O–H groups in total. The number of para-hydroxylation sites is 1. The van der Waals surface area contributed by atoms with E-state index in [1.807, 2.05) is 24.3 Å². The molecule has 18 heavy (non-hydrogen) atoms. The van der Waals surface area contributed by atoms with Gasteiger partial charge < -0.3 is 10.1 Å². The Kier molecular flexibility index (Phi) is 2.67. The van der Waals surface area contributed by atoms with Crippen LogP contribution in [0.15, 0.2) is 42.5 Å². The van der Waals surface area contributed by atoms with E-state index in [1.165, 1.54) is 6.07 Å².